The SMILES string of the molecule is CCCC(N)c1nc(-c2ncc(C)cn2)no1. The number of aromatic nitrogens is 4. The zero-order chi connectivity index (χ0) is 12.3. The van der Waals surface area contributed by atoms with Crippen LogP contribution in [0.5, 0.6) is 0 Å². The molecule has 0 aliphatic rings. The topological polar surface area (TPSA) is 90.7 Å². The van der Waals surface area contributed by atoms with Gasteiger partial charge in [0.1, 0.15) is 0 Å². The van der Waals surface area contributed by atoms with Gasteiger partial charge in [-0.25, -0.2) is 9.97 Å². The normalized spacial score (nSPS) is 12.6. The predicted octanol–water partition coefficient (Wildman–Crippen LogP) is 1.63. The third-order valence-electron chi connectivity index (χ3n) is 2.34. The van der Waals surface area contributed by atoms with Gasteiger partial charge in [-0.05, 0) is 18.9 Å². The Morgan fingerprint density at radius 3 is 2.65 bits per heavy atom. The summed E-state index contributed by atoms with van der Waals surface area (Å²) >= 11 is 0. The van der Waals surface area contributed by atoms with E-state index < -0.39 is 0 Å². The third-order valence-corrected chi connectivity index (χ3v) is 2.34. The average Bonchev–Trinajstić information content (AvgIpc) is 2.80. The molecule has 2 rings (SSSR count). The molecule has 17 heavy (non-hydrogen) atoms. The molecule has 0 aromatic carbocycles. The second-order valence-corrected chi connectivity index (χ2v) is 3.94. The summed E-state index contributed by atoms with van der Waals surface area (Å²) in [6, 6.07) is -0.216. The first-order valence-electron chi connectivity index (χ1n) is 5.59. The van der Waals surface area contributed by atoms with Gasteiger partial charge in [-0.15, -0.1) is 0 Å². The molecule has 0 saturated heterocycles. The van der Waals surface area contributed by atoms with E-state index in [2.05, 4.69) is 27.0 Å². The molecule has 0 spiro atoms. The van der Waals surface area contributed by atoms with Gasteiger partial charge in [0.25, 0.3) is 0 Å². The second kappa shape index (κ2) is 5.01. The standard InChI is InChI=1S/C11H15N5O/c1-3-4-8(12)11-15-10(16-17-11)9-13-5-7(2)6-14-9/h5-6,8H,3-4,12H2,1-2H3. The van der Waals surface area contributed by atoms with Crippen LogP contribution in [-0.2, 0) is 0 Å². The van der Waals surface area contributed by atoms with Crippen LogP contribution in [0.25, 0.3) is 11.6 Å². The molecule has 2 heterocycles. The van der Waals surface area contributed by atoms with Crippen LogP contribution < -0.4 is 5.73 Å². The number of hydrogen-bond acceptors (Lipinski definition) is 6. The lowest BCUT2D eigenvalue weighted by atomic mass is 10.2. The molecule has 2 aromatic rings. The van der Waals surface area contributed by atoms with Crippen LogP contribution >= 0.6 is 0 Å². The monoisotopic (exact) mass is 233 g/mol. The molecule has 90 valence electrons. The fourth-order valence-corrected chi connectivity index (χ4v) is 1.42. The maximum absolute atomic E-state index is 5.88. The third kappa shape index (κ3) is 2.65. The summed E-state index contributed by atoms with van der Waals surface area (Å²) in [4.78, 5) is 12.5. The molecule has 0 amide bonds. The van der Waals surface area contributed by atoms with E-state index in [0.29, 0.717) is 17.5 Å². The Hall–Kier alpha value is -1.82. The smallest absolute Gasteiger partial charge is 0.243 e. The van der Waals surface area contributed by atoms with Crippen LogP contribution in [0.3, 0.4) is 0 Å². The Labute approximate surface area is 99.3 Å². The van der Waals surface area contributed by atoms with Crippen molar-refractivity contribution in [2.75, 3.05) is 0 Å². The lowest BCUT2D eigenvalue weighted by molar-refractivity contribution is 0.348. The van der Waals surface area contributed by atoms with E-state index in [-0.39, 0.29) is 6.04 Å². The molecule has 1 atom stereocenters. The summed E-state index contributed by atoms with van der Waals surface area (Å²) in [7, 11) is 0. The Balaban J connectivity index is 2.20. The largest absolute Gasteiger partial charge is 0.337 e. The van der Waals surface area contributed by atoms with Crippen LogP contribution in [0.2, 0.25) is 0 Å². The van der Waals surface area contributed by atoms with Crippen LogP contribution in [-0.4, -0.2) is 20.1 Å². The summed E-state index contributed by atoms with van der Waals surface area (Å²) in [5, 5.41) is 3.83. The molecule has 0 saturated carbocycles. The quantitative estimate of drug-likeness (QED) is 0.863. The van der Waals surface area contributed by atoms with Gasteiger partial charge in [0, 0.05) is 12.4 Å². The molecule has 0 fully saturated rings. The van der Waals surface area contributed by atoms with E-state index in [1.165, 1.54) is 0 Å². The van der Waals surface area contributed by atoms with Crippen molar-refractivity contribution < 1.29 is 4.52 Å². The lowest BCUT2D eigenvalue weighted by Crippen LogP contribution is -2.09. The maximum Gasteiger partial charge on any atom is 0.243 e. The highest BCUT2D eigenvalue weighted by Gasteiger charge is 2.16. The Bertz CT molecular complexity index is 479. The van der Waals surface area contributed by atoms with Crippen molar-refractivity contribution in [3.05, 3.63) is 23.8 Å². The van der Waals surface area contributed by atoms with E-state index in [4.69, 9.17) is 10.3 Å². The fraction of sp³-hybridized carbons (Fsp3) is 0.455. The van der Waals surface area contributed by atoms with E-state index in [9.17, 15) is 0 Å². The Morgan fingerprint density at radius 1 is 1.29 bits per heavy atom. The van der Waals surface area contributed by atoms with E-state index in [1.54, 1.807) is 12.4 Å². The first-order valence-corrected chi connectivity index (χ1v) is 5.59. The first kappa shape index (κ1) is 11.7. The van der Waals surface area contributed by atoms with Crippen LogP contribution in [0.15, 0.2) is 16.9 Å². The van der Waals surface area contributed by atoms with Gasteiger partial charge in [-0.1, -0.05) is 18.5 Å². The van der Waals surface area contributed by atoms with Gasteiger partial charge >= 0.3 is 0 Å². The molecular formula is C11H15N5O. The van der Waals surface area contributed by atoms with Gasteiger partial charge in [-0.3, -0.25) is 0 Å². The van der Waals surface area contributed by atoms with Crippen molar-refractivity contribution in [1.82, 2.24) is 20.1 Å². The molecule has 0 aliphatic heterocycles. The molecule has 6 heteroatoms. The summed E-state index contributed by atoms with van der Waals surface area (Å²) in [5.41, 5.74) is 6.87. The molecule has 2 aromatic heterocycles. The minimum atomic E-state index is -0.216. The molecular weight excluding hydrogens is 218 g/mol. The molecule has 0 bridgehead atoms. The summed E-state index contributed by atoms with van der Waals surface area (Å²) in [6.45, 7) is 3.98. The lowest BCUT2D eigenvalue weighted by Gasteiger charge is -2.01. The number of nitrogens with zero attached hydrogens (tertiary/aromatic N) is 4. The molecule has 0 aliphatic carbocycles. The fourth-order valence-electron chi connectivity index (χ4n) is 1.42. The molecule has 6 nitrogen and oxygen atoms in total. The van der Waals surface area contributed by atoms with Crippen molar-refractivity contribution in [1.29, 1.82) is 0 Å². The minimum Gasteiger partial charge on any atom is -0.337 e. The summed E-state index contributed by atoms with van der Waals surface area (Å²) in [6.07, 6.45) is 5.21. The van der Waals surface area contributed by atoms with Crippen molar-refractivity contribution in [2.45, 2.75) is 32.7 Å². The Kier molecular flexibility index (Phi) is 3.43. The first-order chi connectivity index (χ1) is 8.20. The average molecular weight is 233 g/mol. The number of rotatable bonds is 4. The summed E-state index contributed by atoms with van der Waals surface area (Å²) < 4.78 is 5.10. The van der Waals surface area contributed by atoms with E-state index in [0.717, 1.165) is 18.4 Å². The molecule has 2 N–H and O–H groups in total. The van der Waals surface area contributed by atoms with Crippen molar-refractivity contribution in [3.8, 4) is 11.6 Å². The highest BCUT2D eigenvalue weighted by atomic mass is 16.5. The van der Waals surface area contributed by atoms with Gasteiger partial charge in [0.05, 0.1) is 6.04 Å². The van der Waals surface area contributed by atoms with Crippen LogP contribution in [0, 0.1) is 6.92 Å². The van der Waals surface area contributed by atoms with E-state index in [1.807, 2.05) is 6.92 Å². The van der Waals surface area contributed by atoms with Crippen molar-refractivity contribution in [3.63, 3.8) is 0 Å². The second-order valence-electron chi connectivity index (χ2n) is 3.94. The number of nitrogens with two attached hydrogens (primary N) is 1. The highest BCUT2D eigenvalue weighted by molar-refractivity contribution is 5.41. The minimum absolute atomic E-state index is 0.216. The van der Waals surface area contributed by atoms with Gasteiger partial charge in [0.15, 0.2) is 0 Å². The molecule has 1 unspecified atom stereocenters. The zero-order valence-electron chi connectivity index (χ0n) is 9.92. The van der Waals surface area contributed by atoms with Crippen molar-refractivity contribution in [2.24, 2.45) is 5.73 Å². The Morgan fingerprint density at radius 2 is 2.00 bits per heavy atom. The van der Waals surface area contributed by atoms with Crippen LogP contribution in [0.4, 0.5) is 0 Å². The van der Waals surface area contributed by atoms with Gasteiger partial charge < -0.3 is 10.3 Å². The van der Waals surface area contributed by atoms with Crippen molar-refractivity contribution >= 4 is 0 Å². The predicted molar refractivity (Wildman–Crippen MR) is 61.9 cm³/mol. The highest BCUT2D eigenvalue weighted by Crippen LogP contribution is 2.16. The summed E-state index contributed by atoms with van der Waals surface area (Å²) in [5.74, 6) is 1.27. The van der Waals surface area contributed by atoms with Gasteiger partial charge in [-0.2, -0.15) is 4.98 Å². The number of aryl methyl sites for hydroxylation is 1. The van der Waals surface area contributed by atoms with Gasteiger partial charge in [0.2, 0.25) is 17.5 Å². The van der Waals surface area contributed by atoms with Crippen LogP contribution in [0.1, 0.15) is 37.3 Å². The zero-order valence-corrected chi connectivity index (χ0v) is 9.92. The molecule has 0 radical (unpaired) electrons. The number of hydrogen-bond donors (Lipinski definition) is 1. The maximum atomic E-state index is 5.88. The van der Waals surface area contributed by atoms with E-state index >= 15 is 0 Å².